The summed E-state index contributed by atoms with van der Waals surface area (Å²) in [6, 6.07) is 8.53. The molecule has 2 heterocycles. The van der Waals surface area contributed by atoms with Crippen molar-refractivity contribution in [2.75, 3.05) is 43.1 Å². The minimum atomic E-state index is 0.380. The number of hydrogen-bond donors (Lipinski definition) is 2. The fraction of sp³-hybridized carbons (Fsp3) is 0.760. The Labute approximate surface area is 177 Å². The van der Waals surface area contributed by atoms with E-state index in [1.54, 1.807) is 0 Å². The quantitative estimate of drug-likeness (QED) is 0.681. The van der Waals surface area contributed by atoms with Crippen LogP contribution in [0.5, 0.6) is 0 Å². The Kier molecular flexibility index (Phi) is 6.70. The lowest BCUT2D eigenvalue weighted by Crippen LogP contribution is -2.42. The second-order valence-corrected chi connectivity index (χ2v) is 10.2. The summed E-state index contributed by atoms with van der Waals surface area (Å²) in [6.45, 7) is 12.3. The van der Waals surface area contributed by atoms with E-state index in [2.05, 4.69) is 54.5 Å². The van der Waals surface area contributed by atoms with Gasteiger partial charge in [0.1, 0.15) is 0 Å². The number of ether oxygens (including phenoxy) is 1. The van der Waals surface area contributed by atoms with Gasteiger partial charge in [-0.3, -0.25) is 0 Å². The van der Waals surface area contributed by atoms with Crippen LogP contribution >= 0.6 is 0 Å². The molecule has 2 N–H and O–H groups in total. The molecule has 1 aromatic rings. The molecule has 1 saturated carbocycles. The van der Waals surface area contributed by atoms with Gasteiger partial charge < -0.3 is 20.3 Å². The van der Waals surface area contributed by atoms with Crippen molar-refractivity contribution in [3.8, 4) is 0 Å². The van der Waals surface area contributed by atoms with E-state index >= 15 is 0 Å². The Morgan fingerprint density at radius 1 is 1.14 bits per heavy atom. The molecular formula is C25H41N3O. The molecule has 29 heavy (non-hydrogen) atoms. The molecule has 3 aliphatic rings. The number of rotatable bonds is 7. The van der Waals surface area contributed by atoms with Crippen molar-refractivity contribution in [3.63, 3.8) is 0 Å². The molecule has 4 rings (SSSR count). The lowest BCUT2D eigenvalue weighted by atomic mass is 9.66. The van der Waals surface area contributed by atoms with Crippen molar-refractivity contribution < 1.29 is 4.74 Å². The summed E-state index contributed by atoms with van der Waals surface area (Å²) in [7, 11) is 0. The summed E-state index contributed by atoms with van der Waals surface area (Å²) < 4.78 is 5.68. The van der Waals surface area contributed by atoms with Gasteiger partial charge in [0.15, 0.2) is 0 Å². The molecule has 0 bridgehead atoms. The fourth-order valence-electron chi connectivity index (χ4n) is 5.29. The van der Waals surface area contributed by atoms with Crippen molar-refractivity contribution in [2.24, 2.45) is 5.92 Å². The second kappa shape index (κ2) is 9.26. The first-order valence-electron chi connectivity index (χ1n) is 12.0. The first-order chi connectivity index (χ1) is 14.0. The van der Waals surface area contributed by atoms with Crippen LogP contribution in [0, 0.1) is 5.92 Å². The predicted octanol–water partition coefficient (Wildman–Crippen LogP) is 4.93. The zero-order valence-corrected chi connectivity index (χ0v) is 18.8. The molecular weight excluding hydrogens is 358 g/mol. The second-order valence-electron chi connectivity index (χ2n) is 10.2. The normalized spacial score (nSPS) is 23.0. The van der Waals surface area contributed by atoms with E-state index in [9.17, 15) is 0 Å². The van der Waals surface area contributed by atoms with E-state index in [1.165, 1.54) is 49.0 Å². The molecule has 4 heteroatoms. The largest absolute Gasteiger partial charge is 0.381 e. The van der Waals surface area contributed by atoms with Gasteiger partial charge in [0.25, 0.3) is 0 Å². The van der Waals surface area contributed by atoms with Gasteiger partial charge in [-0.05, 0) is 80.6 Å². The van der Waals surface area contributed by atoms with E-state index in [0.29, 0.717) is 23.4 Å². The molecule has 0 aromatic heterocycles. The maximum absolute atomic E-state index is 5.68. The summed E-state index contributed by atoms with van der Waals surface area (Å²) in [5.74, 6) is 0.647. The third-order valence-electron chi connectivity index (χ3n) is 7.35. The molecule has 1 aromatic carbocycles. The third kappa shape index (κ3) is 4.91. The van der Waals surface area contributed by atoms with Gasteiger partial charge in [-0.15, -0.1) is 0 Å². The number of piperidine rings is 1. The number of benzene rings is 1. The summed E-state index contributed by atoms with van der Waals surface area (Å²) in [4.78, 5) is 2.70. The van der Waals surface area contributed by atoms with E-state index in [4.69, 9.17) is 4.74 Å². The highest BCUT2D eigenvalue weighted by Gasteiger charge is 2.34. The molecule has 1 aliphatic carbocycles. The molecule has 2 saturated heterocycles. The van der Waals surface area contributed by atoms with E-state index in [-0.39, 0.29) is 0 Å². The van der Waals surface area contributed by atoms with Gasteiger partial charge in [0.2, 0.25) is 0 Å². The molecule has 0 spiro atoms. The van der Waals surface area contributed by atoms with Gasteiger partial charge in [0, 0.05) is 31.8 Å². The van der Waals surface area contributed by atoms with Crippen molar-refractivity contribution in [3.05, 3.63) is 23.8 Å². The maximum atomic E-state index is 5.68. The van der Waals surface area contributed by atoms with Crippen molar-refractivity contribution in [2.45, 2.75) is 83.2 Å². The monoisotopic (exact) mass is 399 g/mol. The van der Waals surface area contributed by atoms with E-state index in [0.717, 1.165) is 45.7 Å². The van der Waals surface area contributed by atoms with Gasteiger partial charge in [-0.25, -0.2) is 0 Å². The Balaban J connectivity index is 1.66. The molecule has 0 atom stereocenters. The maximum Gasteiger partial charge on any atom is 0.0604 e. The lowest BCUT2D eigenvalue weighted by molar-refractivity contribution is 0.0839. The van der Waals surface area contributed by atoms with Crippen LogP contribution in [-0.4, -0.2) is 44.9 Å². The van der Waals surface area contributed by atoms with Gasteiger partial charge in [0.05, 0.1) is 11.4 Å². The topological polar surface area (TPSA) is 36.5 Å². The van der Waals surface area contributed by atoms with Crippen molar-refractivity contribution in [1.29, 1.82) is 0 Å². The van der Waals surface area contributed by atoms with Crippen LogP contribution in [0.3, 0.4) is 0 Å². The molecule has 0 radical (unpaired) electrons. The van der Waals surface area contributed by atoms with Gasteiger partial charge in [-0.2, -0.15) is 0 Å². The number of nitrogens with one attached hydrogen (secondary N) is 2. The minimum absolute atomic E-state index is 0.380. The Hall–Kier alpha value is -1.26. The van der Waals surface area contributed by atoms with Gasteiger partial charge >= 0.3 is 0 Å². The Bertz CT molecular complexity index is 658. The summed E-state index contributed by atoms with van der Waals surface area (Å²) in [5, 5.41) is 7.50. The van der Waals surface area contributed by atoms with E-state index < -0.39 is 0 Å². The van der Waals surface area contributed by atoms with Crippen LogP contribution in [-0.2, 0) is 10.2 Å². The van der Waals surface area contributed by atoms with Gasteiger partial charge in [-0.1, -0.05) is 33.3 Å². The SMILES string of the molecule is CC(C)CN(c1ccc(C2(C)CCC2)cc1NC1CCNCC1)C1CCOCC1. The molecule has 162 valence electrons. The zero-order valence-electron chi connectivity index (χ0n) is 18.8. The highest BCUT2D eigenvalue weighted by Crippen LogP contribution is 2.45. The van der Waals surface area contributed by atoms with Crippen molar-refractivity contribution in [1.82, 2.24) is 5.32 Å². The van der Waals surface area contributed by atoms with Crippen molar-refractivity contribution >= 4 is 11.4 Å². The highest BCUT2D eigenvalue weighted by molar-refractivity contribution is 5.72. The van der Waals surface area contributed by atoms with Crippen LogP contribution < -0.4 is 15.5 Å². The predicted molar refractivity (Wildman–Crippen MR) is 123 cm³/mol. The van der Waals surface area contributed by atoms with Crippen LogP contribution in [0.2, 0.25) is 0 Å². The number of nitrogens with zero attached hydrogens (tertiary/aromatic N) is 1. The molecule has 4 nitrogen and oxygen atoms in total. The number of anilines is 2. The molecule has 3 fully saturated rings. The number of hydrogen-bond acceptors (Lipinski definition) is 4. The molecule has 2 aliphatic heterocycles. The minimum Gasteiger partial charge on any atom is -0.381 e. The first kappa shape index (κ1) is 21.0. The smallest absolute Gasteiger partial charge is 0.0604 e. The lowest BCUT2D eigenvalue weighted by Gasteiger charge is -2.42. The van der Waals surface area contributed by atoms with E-state index in [1.807, 2.05) is 0 Å². The third-order valence-corrected chi connectivity index (χ3v) is 7.35. The molecule has 0 amide bonds. The van der Waals surface area contributed by atoms with Crippen LogP contribution in [0.15, 0.2) is 18.2 Å². The average Bonchev–Trinajstić information content (AvgIpc) is 2.72. The first-order valence-corrected chi connectivity index (χ1v) is 12.0. The molecule has 0 unspecified atom stereocenters. The van der Waals surface area contributed by atoms with Crippen LogP contribution in [0.1, 0.15) is 71.3 Å². The Morgan fingerprint density at radius 2 is 1.86 bits per heavy atom. The Morgan fingerprint density at radius 3 is 2.48 bits per heavy atom. The zero-order chi connectivity index (χ0) is 20.3. The van der Waals surface area contributed by atoms with Crippen LogP contribution in [0.4, 0.5) is 11.4 Å². The summed E-state index contributed by atoms with van der Waals surface area (Å²) in [6.07, 6.45) is 8.73. The fourth-order valence-corrected chi connectivity index (χ4v) is 5.29. The summed E-state index contributed by atoms with van der Waals surface area (Å²) >= 11 is 0. The highest BCUT2D eigenvalue weighted by atomic mass is 16.5. The average molecular weight is 400 g/mol. The summed E-state index contributed by atoms with van der Waals surface area (Å²) in [5.41, 5.74) is 4.69. The standard InChI is InChI=1S/C25H41N3O/c1-19(2)18-28(22-9-15-29-16-10-22)24-6-5-20(25(3)11-4-12-25)17-23(24)27-21-7-13-26-14-8-21/h5-6,17,19,21-22,26-27H,4,7-16,18H2,1-3H3. The van der Waals surface area contributed by atoms with Crippen LogP contribution in [0.25, 0.3) is 0 Å².